The molecule has 10 heteroatoms. The molecule has 1 aromatic heterocycles. The van der Waals surface area contributed by atoms with Gasteiger partial charge in [0.2, 0.25) is 0 Å². The number of rotatable bonds is 9. The maximum absolute atomic E-state index is 13.7. The third-order valence-corrected chi connectivity index (χ3v) is 11.2. The number of aromatic nitrogens is 1. The Morgan fingerprint density at radius 1 is 1.15 bits per heavy atom. The van der Waals surface area contributed by atoms with Crippen molar-refractivity contribution in [1.82, 2.24) is 10.3 Å². The Hall–Kier alpha value is -1.94. The molecule has 1 amide bonds. The number of anilines is 1. The molecule has 4 bridgehead atoms. The lowest BCUT2D eigenvalue weighted by atomic mass is 9.52. The molecule has 39 heavy (non-hydrogen) atoms. The van der Waals surface area contributed by atoms with Crippen LogP contribution in [0, 0.1) is 23.7 Å². The Balaban J connectivity index is 1.18. The van der Waals surface area contributed by atoms with Crippen molar-refractivity contribution in [2.45, 2.75) is 99.2 Å². The number of ether oxygens (including phenoxy) is 2. The number of carbonyl (C=O) groups is 2. The molecule has 1 saturated heterocycles. The van der Waals surface area contributed by atoms with Gasteiger partial charge in [-0.3, -0.25) is 9.59 Å². The highest BCUT2D eigenvalue weighted by Crippen LogP contribution is 2.57. The van der Waals surface area contributed by atoms with Gasteiger partial charge in [0.1, 0.15) is 10.8 Å². The molecule has 3 atom stereocenters. The van der Waals surface area contributed by atoms with Gasteiger partial charge >= 0.3 is 12.6 Å². The van der Waals surface area contributed by atoms with Gasteiger partial charge < -0.3 is 19.7 Å². The first kappa shape index (κ1) is 27.2. The van der Waals surface area contributed by atoms with E-state index >= 15 is 0 Å². The van der Waals surface area contributed by atoms with Crippen LogP contribution in [0.2, 0.25) is 0 Å². The second kappa shape index (κ2) is 11.1. The molecule has 0 aromatic carbocycles. The van der Waals surface area contributed by atoms with Crippen LogP contribution in [0.3, 0.4) is 0 Å². The van der Waals surface area contributed by atoms with Gasteiger partial charge in [0.15, 0.2) is 0 Å². The molecule has 6 aliphatic rings. The lowest BCUT2D eigenvalue weighted by Gasteiger charge is -2.59. The summed E-state index contributed by atoms with van der Waals surface area (Å²) in [6.07, 6.45) is 9.83. The average Bonchev–Trinajstić information content (AvgIpc) is 3.57. The summed E-state index contributed by atoms with van der Waals surface area (Å²) in [4.78, 5) is 32.7. The molecule has 214 valence electrons. The van der Waals surface area contributed by atoms with Crippen LogP contribution in [0.4, 0.5) is 14.6 Å². The van der Waals surface area contributed by atoms with Crippen molar-refractivity contribution >= 4 is 29.5 Å². The molecular weight excluding hydrogens is 524 g/mol. The molecule has 1 N–H and O–H groups in total. The summed E-state index contributed by atoms with van der Waals surface area (Å²) in [5.41, 5.74) is -0.117. The van der Waals surface area contributed by atoms with Crippen molar-refractivity contribution in [2.24, 2.45) is 23.7 Å². The van der Waals surface area contributed by atoms with Gasteiger partial charge in [0.25, 0.3) is 5.91 Å². The topological polar surface area (TPSA) is 80.8 Å². The summed E-state index contributed by atoms with van der Waals surface area (Å²) in [6, 6.07) is 3.82. The van der Waals surface area contributed by atoms with Crippen molar-refractivity contribution in [3.63, 3.8) is 0 Å². The quantitative estimate of drug-likeness (QED) is 0.402. The number of alkyl halides is 2. The molecule has 5 aliphatic carbocycles. The van der Waals surface area contributed by atoms with Gasteiger partial charge in [0.05, 0.1) is 24.7 Å². The molecule has 2 unspecified atom stereocenters. The zero-order valence-electron chi connectivity index (χ0n) is 22.6. The van der Waals surface area contributed by atoms with Crippen LogP contribution in [0.1, 0.15) is 81.0 Å². The molecule has 2 heterocycles. The lowest BCUT2D eigenvalue weighted by Crippen LogP contribution is -2.62. The van der Waals surface area contributed by atoms with Gasteiger partial charge in [0, 0.05) is 24.4 Å². The maximum Gasteiger partial charge on any atom is 0.345 e. The Bertz CT molecular complexity index is 1060. The monoisotopic (exact) mass is 563 g/mol. The second-order valence-corrected chi connectivity index (χ2v) is 13.7. The largest absolute Gasteiger partial charge is 0.469 e. The number of pyridine rings is 1. The third kappa shape index (κ3) is 5.78. The first-order valence-corrected chi connectivity index (χ1v) is 15.4. The fraction of sp³-hybridized carbons (Fsp3) is 0.759. The van der Waals surface area contributed by atoms with Gasteiger partial charge in [-0.05, 0) is 87.2 Å². The van der Waals surface area contributed by atoms with Crippen molar-refractivity contribution in [1.29, 1.82) is 0 Å². The number of halogens is 2. The first-order valence-electron chi connectivity index (χ1n) is 14.6. The predicted molar refractivity (Wildman–Crippen MR) is 144 cm³/mol. The Morgan fingerprint density at radius 2 is 1.90 bits per heavy atom. The standard InChI is InChI=1S/C29H39F2N3O4S/c1-37-24(35)12-17-8-9-34(16-17)23-7-6-22(27(32-23)39-21-4-2-3-5-21)26(36)33-25-19-10-18-11-20(25)15-29(13-18,14-19)38-28(30)31/h6-7,17-21,25,28H,2-5,8-16H2,1H3,(H,33,36)/t17-,18?,19?,20?,25?,29?/m0/s1. The summed E-state index contributed by atoms with van der Waals surface area (Å²) in [7, 11) is 1.42. The predicted octanol–water partition coefficient (Wildman–Crippen LogP) is 5.42. The fourth-order valence-corrected chi connectivity index (χ4v) is 9.63. The van der Waals surface area contributed by atoms with E-state index in [-0.39, 0.29) is 35.7 Å². The number of nitrogens with zero attached hydrogens (tertiary/aromatic N) is 2. The fourth-order valence-electron chi connectivity index (χ4n) is 8.31. The highest BCUT2D eigenvalue weighted by molar-refractivity contribution is 7.99. The number of esters is 1. The van der Waals surface area contributed by atoms with Crippen LogP contribution in [0.15, 0.2) is 17.2 Å². The smallest absolute Gasteiger partial charge is 0.345 e. The van der Waals surface area contributed by atoms with Crippen molar-refractivity contribution in [3.05, 3.63) is 17.7 Å². The van der Waals surface area contributed by atoms with E-state index in [0.29, 0.717) is 36.0 Å². The molecule has 1 aromatic rings. The maximum atomic E-state index is 13.7. The molecule has 1 aliphatic heterocycles. The summed E-state index contributed by atoms with van der Waals surface area (Å²) >= 11 is 1.72. The van der Waals surface area contributed by atoms with Crippen molar-refractivity contribution in [3.8, 4) is 0 Å². The third-order valence-electron chi connectivity index (χ3n) is 9.82. The Labute approximate surface area is 233 Å². The molecule has 0 radical (unpaired) electrons. The molecule has 5 saturated carbocycles. The molecule has 6 fully saturated rings. The van der Waals surface area contributed by atoms with Crippen LogP contribution in [0.5, 0.6) is 0 Å². The normalized spacial score (nSPS) is 33.7. The summed E-state index contributed by atoms with van der Waals surface area (Å²) in [5.74, 6) is 1.55. The minimum Gasteiger partial charge on any atom is -0.469 e. The summed E-state index contributed by atoms with van der Waals surface area (Å²) in [6.45, 7) is -1.18. The SMILES string of the molecule is COC(=O)C[C@@H]1CCN(c2ccc(C(=O)NC3C4CC5CC3CC(OC(F)F)(C5)C4)c(SC3CCCC3)n2)C1. The molecular formula is C29H39F2N3O4S. The van der Waals surface area contributed by atoms with Gasteiger partial charge in [-0.15, -0.1) is 11.8 Å². The van der Waals surface area contributed by atoms with E-state index in [4.69, 9.17) is 14.5 Å². The Kier molecular flexibility index (Phi) is 7.79. The van der Waals surface area contributed by atoms with Crippen LogP contribution in [-0.2, 0) is 14.3 Å². The van der Waals surface area contributed by atoms with Gasteiger partial charge in [-0.1, -0.05) is 12.8 Å². The highest BCUT2D eigenvalue weighted by Gasteiger charge is 2.57. The van der Waals surface area contributed by atoms with E-state index < -0.39 is 12.2 Å². The van der Waals surface area contributed by atoms with E-state index in [0.717, 1.165) is 62.5 Å². The number of hydrogen-bond donors (Lipinski definition) is 1. The zero-order valence-corrected chi connectivity index (χ0v) is 23.4. The summed E-state index contributed by atoms with van der Waals surface area (Å²) < 4.78 is 36.4. The zero-order chi connectivity index (χ0) is 27.1. The summed E-state index contributed by atoms with van der Waals surface area (Å²) in [5, 5.41) is 4.57. The van der Waals surface area contributed by atoms with E-state index in [9.17, 15) is 18.4 Å². The van der Waals surface area contributed by atoms with Crippen LogP contribution in [0.25, 0.3) is 0 Å². The van der Waals surface area contributed by atoms with Crippen molar-refractivity contribution in [2.75, 3.05) is 25.1 Å². The average molecular weight is 564 g/mol. The number of amides is 1. The lowest BCUT2D eigenvalue weighted by molar-refractivity contribution is -0.260. The number of methoxy groups -OCH3 is 1. The van der Waals surface area contributed by atoms with Gasteiger partial charge in [-0.25, -0.2) is 4.98 Å². The highest BCUT2D eigenvalue weighted by atomic mass is 32.2. The van der Waals surface area contributed by atoms with E-state index in [1.54, 1.807) is 11.8 Å². The van der Waals surface area contributed by atoms with E-state index in [1.165, 1.54) is 20.0 Å². The number of nitrogens with one attached hydrogen (secondary N) is 1. The Morgan fingerprint density at radius 3 is 2.59 bits per heavy atom. The van der Waals surface area contributed by atoms with Gasteiger partial charge in [-0.2, -0.15) is 8.78 Å². The molecule has 7 rings (SSSR count). The van der Waals surface area contributed by atoms with Crippen LogP contribution >= 0.6 is 11.8 Å². The van der Waals surface area contributed by atoms with Crippen molar-refractivity contribution < 1.29 is 27.8 Å². The van der Waals surface area contributed by atoms with Crippen LogP contribution < -0.4 is 10.2 Å². The first-order chi connectivity index (χ1) is 18.8. The minimum absolute atomic E-state index is 0.00915. The van der Waals surface area contributed by atoms with E-state index in [1.807, 2.05) is 12.1 Å². The van der Waals surface area contributed by atoms with E-state index in [2.05, 4.69) is 10.2 Å². The second-order valence-electron chi connectivity index (χ2n) is 12.5. The molecule has 0 spiro atoms. The number of carbonyl (C=O) groups excluding carboxylic acids is 2. The van der Waals surface area contributed by atoms with Crippen LogP contribution in [-0.4, -0.2) is 60.6 Å². The molecule has 7 nitrogen and oxygen atoms in total. The number of hydrogen-bond acceptors (Lipinski definition) is 7. The number of thioether (sulfide) groups is 1. The minimum atomic E-state index is -2.75.